The Balaban J connectivity index is 1.79. The van der Waals surface area contributed by atoms with Gasteiger partial charge < -0.3 is 10.2 Å². The Kier molecular flexibility index (Phi) is 4.05. The Morgan fingerprint density at radius 2 is 2.20 bits per heavy atom. The first kappa shape index (κ1) is 13.6. The maximum absolute atomic E-state index is 4.77. The summed E-state index contributed by atoms with van der Waals surface area (Å²) in [5.74, 6) is 3.00. The summed E-state index contributed by atoms with van der Waals surface area (Å²) >= 11 is 0. The fraction of sp³-hybridized carbons (Fsp3) is 0.733. The average molecular weight is 275 g/mol. The van der Waals surface area contributed by atoms with Gasteiger partial charge in [0.25, 0.3) is 0 Å². The van der Waals surface area contributed by atoms with E-state index in [4.69, 9.17) is 4.98 Å². The van der Waals surface area contributed by atoms with Crippen molar-refractivity contribution in [2.24, 2.45) is 0 Å². The van der Waals surface area contributed by atoms with Gasteiger partial charge in [0.2, 0.25) is 0 Å². The van der Waals surface area contributed by atoms with Gasteiger partial charge in [-0.1, -0.05) is 6.92 Å². The molecule has 2 aliphatic rings. The van der Waals surface area contributed by atoms with E-state index >= 15 is 0 Å². The van der Waals surface area contributed by atoms with Gasteiger partial charge in [-0.2, -0.15) is 0 Å². The van der Waals surface area contributed by atoms with Crippen molar-refractivity contribution >= 4 is 11.6 Å². The first-order chi connectivity index (χ1) is 9.80. The summed E-state index contributed by atoms with van der Waals surface area (Å²) in [4.78, 5) is 14.4. The van der Waals surface area contributed by atoms with Crippen LogP contribution in [0.4, 0.5) is 11.6 Å². The maximum atomic E-state index is 4.77. The molecule has 0 bridgehead atoms. The van der Waals surface area contributed by atoms with Crippen molar-refractivity contribution in [3.63, 3.8) is 0 Å². The van der Waals surface area contributed by atoms with Gasteiger partial charge in [-0.05, 0) is 25.8 Å². The van der Waals surface area contributed by atoms with Crippen molar-refractivity contribution in [2.45, 2.75) is 38.6 Å². The predicted octanol–water partition coefficient (Wildman–Crippen LogP) is 1.76. The number of piperazine rings is 1. The zero-order valence-electron chi connectivity index (χ0n) is 12.6. The van der Waals surface area contributed by atoms with Gasteiger partial charge in [-0.15, -0.1) is 0 Å². The second-order valence-electron chi connectivity index (χ2n) is 5.81. The van der Waals surface area contributed by atoms with Crippen LogP contribution in [0.5, 0.6) is 0 Å². The zero-order chi connectivity index (χ0) is 13.9. The van der Waals surface area contributed by atoms with Crippen molar-refractivity contribution in [1.29, 1.82) is 0 Å². The number of nitrogens with zero attached hydrogens (tertiary/aromatic N) is 4. The Bertz CT molecular complexity index is 462. The average Bonchev–Trinajstić information content (AvgIpc) is 2.94. The number of hydrogen-bond acceptors (Lipinski definition) is 5. The van der Waals surface area contributed by atoms with E-state index in [1.165, 1.54) is 25.9 Å². The van der Waals surface area contributed by atoms with E-state index in [0.717, 1.165) is 49.4 Å². The molecule has 1 N–H and O–H groups in total. The summed E-state index contributed by atoms with van der Waals surface area (Å²) in [5, 5.41) is 3.16. The molecule has 1 aromatic heterocycles. The number of rotatable bonds is 4. The Labute approximate surface area is 121 Å². The normalized spacial score (nSPS) is 22.9. The Hall–Kier alpha value is -1.36. The van der Waals surface area contributed by atoms with Crippen molar-refractivity contribution in [2.75, 3.05) is 43.4 Å². The fourth-order valence-electron chi connectivity index (χ4n) is 3.31. The van der Waals surface area contributed by atoms with E-state index in [1.54, 1.807) is 0 Å². The highest BCUT2D eigenvalue weighted by Crippen LogP contribution is 2.25. The third-order valence-corrected chi connectivity index (χ3v) is 4.40. The second-order valence-corrected chi connectivity index (χ2v) is 5.81. The van der Waals surface area contributed by atoms with Gasteiger partial charge in [0, 0.05) is 45.2 Å². The van der Waals surface area contributed by atoms with Crippen molar-refractivity contribution in [1.82, 2.24) is 14.9 Å². The largest absolute Gasteiger partial charge is 0.373 e. The molecule has 1 atom stereocenters. The minimum atomic E-state index is 0.728. The molecule has 0 aliphatic carbocycles. The van der Waals surface area contributed by atoms with E-state index in [9.17, 15) is 0 Å². The fourth-order valence-corrected chi connectivity index (χ4v) is 3.31. The summed E-state index contributed by atoms with van der Waals surface area (Å²) in [7, 11) is 1.93. The maximum Gasteiger partial charge on any atom is 0.134 e. The van der Waals surface area contributed by atoms with E-state index in [1.807, 2.05) is 7.05 Å². The highest BCUT2D eigenvalue weighted by molar-refractivity contribution is 5.49. The van der Waals surface area contributed by atoms with Crippen LogP contribution in [-0.4, -0.2) is 54.1 Å². The summed E-state index contributed by atoms with van der Waals surface area (Å²) in [6.07, 6.45) is 4.72. The molecule has 2 aliphatic heterocycles. The number of aromatic nitrogens is 2. The molecule has 3 rings (SSSR count). The lowest BCUT2D eigenvalue weighted by Gasteiger charge is -2.38. The summed E-state index contributed by atoms with van der Waals surface area (Å²) in [5.41, 5.74) is 0. The summed E-state index contributed by atoms with van der Waals surface area (Å²) < 4.78 is 0. The van der Waals surface area contributed by atoms with Gasteiger partial charge in [0.05, 0.1) is 0 Å². The quantitative estimate of drug-likeness (QED) is 0.907. The number of nitrogens with one attached hydrogen (secondary N) is 1. The van der Waals surface area contributed by atoms with Gasteiger partial charge in [0.15, 0.2) is 0 Å². The lowest BCUT2D eigenvalue weighted by molar-refractivity contribution is 0.230. The van der Waals surface area contributed by atoms with Crippen LogP contribution in [-0.2, 0) is 6.42 Å². The van der Waals surface area contributed by atoms with E-state index < -0.39 is 0 Å². The molecule has 0 amide bonds. The molecule has 2 saturated heterocycles. The predicted molar refractivity (Wildman–Crippen MR) is 82.4 cm³/mol. The van der Waals surface area contributed by atoms with Crippen LogP contribution >= 0.6 is 0 Å². The first-order valence-electron chi connectivity index (χ1n) is 7.85. The van der Waals surface area contributed by atoms with Crippen LogP contribution in [0.1, 0.15) is 32.0 Å². The molecule has 0 aromatic carbocycles. The monoisotopic (exact) mass is 275 g/mol. The molecular formula is C15H25N5. The molecule has 1 aromatic rings. The van der Waals surface area contributed by atoms with Crippen LogP contribution in [0.2, 0.25) is 0 Å². The molecule has 0 spiro atoms. The van der Waals surface area contributed by atoms with Crippen molar-refractivity contribution < 1.29 is 0 Å². The van der Waals surface area contributed by atoms with Gasteiger partial charge in [0.1, 0.15) is 17.5 Å². The van der Waals surface area contributed by atoms with Crippen LogP contribution in [0.15, 0.2) is 6.07 Å². The van der Waals surface area contributed by atoms with E-state index in [2.05, 4.69) is 33.1 Å². The molecular weight excluding hydrogens is 250 g/mol. The third kappa shape index (κ3) is 2.73. The first-order valence-corrected chi connectivity index (χ1v) is 7.85. The number of fused-ring (bicyclic) bond motifs is 1. The molecule has 5 heteroatoms. The number of aryl methyl sites for hydroxylation is 1. The van der Waals surface area contributed by atoms with Crippen LogP contribution in [0.3, 0.4) is 0 Å². The Morgan fingerprint density at radius 3 is 3.00 bits per heavy atom. The van der Waals surface area contributed by atoms with Gasteiger partial charge in [-0.25, -0.2) is 9.97 Å². The molecule has 1 unspecified atom stereocenters. The minimum Gasteiger partial charge on any atom is -0.373 e. The molecule has 3 heterocycles. The lowest BCUT2D eigenvalue weighted by Crippen LogP contribution is -2.50. The summed E-state index contributed by atoms with van der Waals surface area (Å²) in [6, 6.07) is 2.82. The minimum absolute atomic E-state index is 0.728. The molecule has 0 radical (unpaired) electrons. The molecule has 0 saturated carbocycles. The third-order valence-electron chi connectivity index (χ3n) is 4.40. The Morgan fingerprint density at radius 1 is 1.30 bits per heavy atom. The molecule has 20 heavy (non-hydrogen) atoms. The number of anilines is 2. The van der Waals surface area contributed by atoms with Gasteiger partial charge >= 0.3 is 0 Å². The van der Waals surface area contributed by atoms with E-state index in [-0.39, 0.29) is 0 Å². The zero-order valence-corrected chi connectivity index (χ0v) is 12.6. The standard InChI is InChI=1S/C15H25N5/c1-3-5-13-17-14(16-2)10-15(18-13)20-9-8-19-7-4-6-12(19)11-20/h10,12H,3-9,11H2,1-2H3,(H,16,17,18). The van der Waals surface area contributed by atoms with Crippen molar-refractivity contribution in [3.8, 4) is 0 Å². The molecule has 110 valence electrons. The van der Waals surface area contributed by atoms with Gasteiger partial charge in [-0.3, -0.25) is 4.90 Å². The highest BCUT2D eigenvalue weighted by Gasteiger charge is 2.31. The van der Waals surface area contributed by atoms with E-state index in [0.29, 0.717) is 0 Å². The number of hydrogen-bond donors (Lipinski definition) is 1. The molecule has 5 nitrogen and oxygen atoms in total. The van der Waals surface area contributed by atoms with Crippen LogP contribution < -0.4 is 10.2 Å². The van der Waals surface area contributed by atoms with Crippen LogP contribution in [0, 0.1) is 0 Å². The molecule has 2 fully saturated rings. The van der Waals surface area contributed by atoms with Crippen LogP contribution in [0.25, 0.3) is 0 Å². The SMILES string of the molecule is CCCc1nc(NC)cc(N2CCN3CCCC3C2)n1. The smallest absolute Gasteiger partial charge is 0.134 e. The topological polar surface area (TPSA) is 44.3 Å². The lowest BCUT2D eigenvalue weighted by atomic mass is 10.1. The second kappa shape index (κ2) is 5.95. The summed E-state index contributed by atoms with van der Waals surface area (Å²) in [6.45, 7) is 6.83. The van der Waals surface area contributed by atoms with Crippen molar-refractivity contribution in [3.05, 3.63) is 11.9 Å². The highest BCUT2D eigenvalue weighted by atomic mass is 15.3.